The smallest absolute Gasteiger partial charge is 0.282 e. The highest BCUT2D eigenvalue weighted by molar-refractivity contribution is 7.86. The van der Waals surface area contributed by atoms with Crippen molar-refractivity contribution in [2.75, 3.05) is 26.2 Å². The maximum atomic E-state index is 12.6. The molecule has 1 heterocycles. The molecule has 0 radical (unpaired) electrons. The number of nitrogens with two attached hydrogens (primary N) is 1. The van der Waals surface area contributed by atoms with Crippen molar-refractivity contribution in [2.45, 2.75) is 52.0 Å². The number of hydrogen-bond acceptors (Lipinski definition) is 3. The van der Waals surface area contributed by atoms with Crippen LogP contribution in [0.3, 0.4) is 0 Å². The first-order valence-electron chi connectivity index (χ1n) is 7.01. The molecule has 1 atom stereocenters. The second-order valence-corrected chi connectivity index (χ2v) is 6.89. The van der Waals surface area contributed by atoms with Crippen LogP contribution in [0.5, 0.6) is 0 Å². The number of rotatable bonds is 7. The van der Waals surface area contributed by atoms with E-state index in [0.29, 0.717) is 26.2 Å². The first-order chi connectivity index (χ1) is 8.54. The molecule has 1 saturated heterocycles. The minimum atomic E-state index is -3.32. The Labute approximate surface area is 112 Å². The predicted molar refractivity (Wildman–Crippen MR) is 74.5 cm³/mol. The highest BCUT2D eigenvalue weighted by Crippen LogP contribution is 2.22. The van der Waals surface area contributed by atoms with E-state index in [1.807, 2.05) is 6.92 Å². The van der Waals surface area contributed by atoms with Crippen LogP contribution in [0.15, 0.2) is 0 Å². The van der Waals surface area contributed by atoms with Gasteiger partial charge in [-0.1, -0.05) is 19.8 Å². The van der Waals surface area contributed by atoms with Crippen LogP contribution in [0.25, 0.3) is 0 Å². The largest absolute Gasteiger partial charge is 0.329 e. The van der Waals surface area contributed by atoms with Gasteiger partial charge in [-0.3, -0.25) is 0 Å². The highest BCUT2D eigenvalue weighted by atomic mass is 32.2. The zero-order valence-electron chi connectivity index (χ0n) is 11.6. The molecule has 0 bridgehead atoms. The Morgan fingerprint density at radius 3 is 2.61 bits per heavy atom. The summed E-state index contributed by atoms with van der Waals surface area (Å²) in [7, 11) is -3.32. The molecule has 0 amide bonds. The van der Waals surface area contributed by atoms with E-state index in [9.17, 15) is 8.42 Å². The van der Waals surface area contributed by atoms with E-state index in [2.05, 4.69) is 6.92 Å². The SMILES string of the molecule is CCCCN(CCN)S(=O)(=O)N1CCCCC1C. The fourth-order valence-electron chi connectivity index (χ4n) is 2.38. The van der Waals surface area contributed by atoms with Crippen LogP contribution in [0.4, 0.5) is 0 Å². The molecule has 1 aliphatic rings. The standard InChI is InChI=1S/C12H27N3O2S/c1-3-4-9-14(11-8-13)18(16,17)15-10-6-5-7-12(15)2/h12H,3-11,13H2,1-2H3. The molecule has 108 valence electrons. The van der Waals surface area contributed by atoms with Gasteiger partial charge in [-0.15, -0.1) is 0 Å². The third-order valence-electron chi connectivity index (χ3n) is 3.50. The van der Waals surface area contributed by atoms with Crippen LogP contribution in [-0.4, -0.2) is 49.2 Å². The molecule has 0 aromatic rings. The van der Waals surface area contributed by atoms with Gasteiger partial charge in [-0.25, -0.2) is 0 Å². The zero-order chi connectivity index (χ0) is 13.6. The molecule has 0 aromatic carbocycles. The van der Waals surface area contributed by atoms with E-state index in [-0.39, 0.29) is 6.04 Å². The lowest BCUT2D eigenvalue weighted by Gasteiger charge is -2.36. The van der Waals surface area contributed by atoms with Crippen molar-refractivity contribution in [2.24, 2.45) is 5.73 Å². The Hall–Kier alpha value is -0.170. The molecule has 2 N–H and O–H groups in total. The van der Waals surface area contributed by atoms with Gasteiger partial charge in [0.2, 0.25) is 0 Å². The Morgan fingerprint density at radius 2 is 2.06 bits per heavy atom. The molecule has 5 nitrogen and oxygen atoms in total. The first kappa shape index (κ1) is 15.9. The van der Waals surface area contributed by atoms with Crippen molar-refractivity contribution in [3.63, 3.8) is 0 Å². The summed E-state index contributed by atoms with van der Waals surface area (Å²) in [5.41, 5.74) is 5.54. The summed E-state index contributed by atoms with van der Waals surface area (Å²) >= 11 is 0. The number of unbranched alkanes of at least 4 members (excludes halogenated alkanes) is 1. The van der Waals surface area contributed by atoms with E-state index in [1.165, 1.54) is 0 Å². The van der Waals surface area contributed by atoms with E-state index >= 15 is 0 Å². The second kappa shape index (κ2) is 7.43. The lowest BCUT2D eigenvalue weighted by molar-refractivity contribution is 0.244. The summed E-state index contributed by atoms with van der Waals surface area (Å²) in [5, 5.41) is 0. The molecule has 18 heavy (non-hydrogen) atoms. The van der Waals surface area contributed by atoms with Gasteiger partial charge in [0.25, 0.3) is 10.2 Å². The lowest BCUT2D eigenvalue weighted by atomic mass is 10.1. The van der Waals surface area contributed by atoms with Gasteiger partial charge >= 0.3 is 0 Å². The normalized spacial score (nSPS) is 22.6. The monoisotopic (exact) mass is 277 g/mol. The Morgan fingerprint density at radius 1 is 1.33 bits per heavy atom. The molecular weight excluding hydrogens is 250 g/mol. The van der Waals surface area contributed by atoms with Crippen LogP contribution < -0.4 is 5.73 Å². The molecule has 1 aliphatic heterocycles. The lowest BCUT2D eigenvalue weighted by Crippen LogP contribution is -2.51. The maximum absolute atomic E-state index is 12.6. The third-order valence-corrected chi connectivity index (χ3v) is 5.66. The van der Waals surface area contributed by atoms with E-state index < -0.39 is 10.2 Å². The summed E-state index contributed by atoms with van der Waals surface area (Å²) in [6.45, 7) is 6.10. The molecule has 0 spiro atoms. The van der Waals surface area contributed by atoms with Crippen molar-refractivity contribution < 1.29 is 8.42 Å². The molecule has 0 aromatic heterocycles. The molecule has 1 fully saturated rings. The van der Waals surface area contributed by atoms with Crippen molar-refractivity contribution in [3.05, 3.63) is 0 Å². The van der Waals surface area contributed by atoms with Crippen LogP contribution in [0, 0.1) is 0 Å². The molecular formula is C12H27N3O2S. The van der Waals surface area contributed by atoms with E-state index in [4.69, 9.17) is 5.73 Å². The zero-order valence-corrected chi connectivity index (χ0v) is 12.5. The molecule has 0 saturated carbocycles. The van der Waals surface area contributed by atoms with Crippen LogP contribution >= 0.6 is 0 Å². The number of nitrogens with zero attached hydrogens (tertiary/aromatic N) is 2. The Kier molecular flexibility index (Phi) is 6.55. The fraction of sp³-hybridized carbons (Fsp3) is 1.00. The summed E-state index contributed by atoms with van der Waals surface area (Å²) in [5.74, 6) is 0. The molecule has 1 unspecified atom stereocenters. The van der Waals surface area contributed by atoms with Crippen molar-refractivity contribution in [1.82, 2.24) is 8.61 Å². The van der Waals surface area contributed by atoms with Gasteiger partial charge in [-0.2, -0.15) is 17.0 Å². The Bertz CT molecular complexity index is 332. The minimum absolute atomic E-state index is 0.116. The van der Waals surface area contributed by atoms with E-state index in [0.717, 1.165) is 32.1 Å². The van der Waals surface area contributed by atoms with Gasteiger partial charge in [0.1, 0.15) is 0 Å². The highest BCUT2D eigenvalue weighted by Gasteiger charge is 2.33. The fourth-order valence-corrected chi connectivity index (χ4v) is 4.30. The average Bonchev–Trinajstić information content (AvgIpc) is 2.34. The maximum Gasteiger partial charge on any atom is 0.282 e. The summed E-state index contributed by atoms with van der Waals surface area (Å²) in [4.78, 5) is 0. The average molecular weight is 277 g/mol. The number of hydrogen-bond donors (Lipinski definition) is 1. The van der Waals surface area contributed by atoms with Crippen LogP contribution in [0.2, 0.25) is 0 Å². The topological polar surface area (TPSA) is 66.6 Å². The van der Waals surface area contributed by atoms with Crippen molar-refractivity contribution in [3.8, 4) is 0 Å². The number of piperidine rings is 1. The van der Waals surface area contributed by atoms with Crippen molar-refractivity contribution >= 4 is 10.2 Å². The van der Waals surface area contributed by atoms with Gasteiger partial charge < -0.3 is 5.73 Å². The molecule has 0 aliphatic carbocycles. The molecule has 1 rings (SSSR count). The summed E-state index contributed by atoms with van der Waals surface area (Å²) in [6, 6.07) is 0.116. The van der Waals surface area contributed by atoms with E-state index in [1.54, 1.807) is 8.61 Å². The van der Waals surface area contributed by atoms with Crippen LogP contribution in [0.1, 0.15) is 46.0 Å². The third kappa shape index (κ3) is 3.91. The summed E-state index contributed by atoms with van der Waals surface area (Å²) in [6.07, 6.45) is 4.93. The van der Waals surface area contributed by atoms with Gasteiger partial charge in [0.15, 0.2) is 0 Å². The Balaban J connectivity index is 2.78. The first-order valence-corrected chi connectivity index (χ1v) is 8.40. The van der Waals surface area contributed by atoms with Crippen molar-refractivity contribution in [1.29, 1.82) is 0 Å². The van der Waals surface area contributed by atoms with Crippen LogP contribution in [-0.2, 0) is 10.2 Å². The second-order valence-electron chi connectivity index (χ2n) is 5.00. The quantitative estimate of drug-likeness (QED) is 0.759. The van der Waals surface area contributed by atoms with Gasteiger partial charge in [0.05, 0.1) is 0 Å². The van der Waals surface area contributed by atoms with Gasteiger partial charge in [0, 0.05) is 32.2 Å². The predicted octanol–water partition coefficient (Wildman–Crippen LogP) is 1.17. The molecule has 6 heteroatoms. The summed E-state index contributed by atoms with van der Waals surface area (Å²) < 4.78 is 28.4. The van der Waals surface area contributed by atoms with Gasteiger partial charge in [-0.05, 0) is 26.2 Å². The minimum Gasteiger partial charge on any atom is -0.329 e.